The molecule has 0 saturated heterocycles. The van der Waals surface area contributed by atoms with E-state index in [0.29, 0.717) is 10.7 Å². The van der Waals surface area contributed by atoms with Crippen molar-refractivity contribution in [2.45, 2.75) is 5.16 Å². The van der Waals surface area contributed by atoms with Crippen molar-refractivity contribution in [2.24, 2.45) is 12.1 Å². The molecule has 0 aliphatic carbocycles. The van der Waals surface area contributed by atoms with Crippen molar-refractivity contribution in [2.75, 3.05) is 5.75 Å². The summed E-state index contributed by atoms with van der Waals surface area (Å²) in [5.74, 6) is 0.276. The average molecular weight is 448 g/mol. The summed E-state index contributed by atoms with van der Waals surface area (Å²) in [5.41, 5.74) is 4.06. The highest BCUT2D eigenvalue weighted by Gasteiger charge is 2.12. The lowest BCUT2D eigenvalue weighted by Crippen LogP contribution is -2.19. The van der Waals surface area contributed by atoms with Crippen molar-refractivity contribution in [3.8, 4) is 11.4 Å². The fourth-order valence-electron chi connectivity index (χ4n) is 2.18. The van der Waals surface area contributed by atoms with Crippen LogP contribution in [-0.4, -0.2) is 32.6 Å². The van der Waals surface area contributed by atoms with Crippen LogP contribution >= 0.6 is 27.7 Å². The van der Waals surface area contributed by atoms with Crippen molar-refractivity contribution in [1.29, 1.82) is 0 Å². The standard InChI is InChI=1S/C18H15BrFN5OS/c1-25-17(13-4-6-14(19)7-5-13)23-24-18(25)27-11-16(26)22-21-10-12-2-8-15(20)9-3-12/h2-10H,11H2,1H3,(H,22,26)/b21-10+. The van der Waals surface area contributed by atoms with Crippen LogP contribution in [0.5, 0.6) is 0 Å². The number of rotatable bonds is 6. The molecule has 0 bridgehead atoms. The third kappa shape index (κ3) is 5.24. The molecule has 1 N–H and O–H groups in total. The average Bonchev–Trinajstić information content (AvgIpc) is 3.03. The molecule has 0 atom stereocenters. The molecule has 0 aliphatic heterocycles. The van der Waals surface area contributed by atoms with Crippen LogP contribution < -0.4 is 5.43 Å². The van der Waals surface area contributed by atoms with Crippen LogP contribution in [0.15, 0.2) is 63.3 Å². The molecule has 2 aromatic carbocycles. The second-order valence-electron chi connectivity index (χ2n) is 5.51. The van der Waals surface area contributed by atoms with Crippen molar-refractivity contribution >= 4 is 39.8 Å². The summed E-state index contributed by atoms with van der Waals surface area (Å²) < 4.78 is 15.7. The van der Waals surface area contributed by atoms with Gasteiger partial charge in [0.25, 0.3) is 5.91 Å². The van der Waals surface area contributed by atoms with E-state index >= 15 is 0 Å². The SMILES string of the molecule is Cn1c(SCC(=O)N/N=C/c2ccc(F)cc2)nnc1-c1ccc(Br)cc1. The summed E-state index contributed by atoms with van der Waals surface area (Å²) in [6, 6.07) is 13.6. The largest absolute Gasteiger partial charge is 0.305 e. The van der Waals surface area contributed by atoms with E-state index < -0.39 is 0 Å². The summed E-state index contributed by atoms with van der Waals surface area (Å²) in [4.78, 5) is 11.9. The van der Waals surface area contributed by atoms with E-state index in [-0.39, 0.29) is 17.5 Å². The first-order valence-corrected chi connectivity index (χ1v) is 9.66. The first-order valence-electron chi connectivity index (χ1n) is 7.88. The molecule has 3 rings (SSSR count). The van der Waals surface area contributed by atoms with Crippen LogP contribution in [-0.2, 0) is 11.8 Å². The smallest absolute Gasteiger partial charge is 0.250 e. The minimum atomic E-state index is -0.321. The van der Waals surface area contributed by atoms with Crippen molar-refractivity contribution in [1.82, 2.24) is 20.2 Å². The van der Waals surface area contributed by atoms with Gasteiger partial charge in [-0.2, -0.15) is 5.10 Å². The minimum absolute atomic E-state index is 0.146. The van der Waals surface area contributed by atoms with Gasteiger partial charge >= 0.3 is 0 Å². The number of hydrogen-bond acceptors (Lipinski definition) is 5. The second-order valence-corrected chi connectivity index (χ2v) is 7.36. The fourth-order valence-corrected chi connectivity index (χ4v) is 3.15. The summed E-state index contributed by atoms with van der Waals surface area (Å²) in [6.07, 6.45) is 1.45. The van der Waals surface area contributed by atoms with E-state index in [1.54, 1.807) is 12.1 Å². The Hall–Kier alpha value is -2.52. The lowest BCUT2D eigenvalue weighted by Gasteiger charge is -2.04. The quantitative estimate of drug-likeness (QED) is 0.355. The van der Waals surface area contributed by atoms with E-state index in [4.69, 9.17) is 0 Å². The van der Waals surface area contributed by atoms with E-state index in [9.17, 15) is 9.18 Å². The third-order valence-electron chi connectivity index (χ3n) is 3.54. The summed E-state index contributed by atoms with van der Waals surface area (Å²) in [5, 5.41) is 12.8. The zero-order valence-corrected chi connectivity index (χ0v) is 16.7. The Bertz CT molecular complexity index is 957. The second kappa shape index (κ2) is 8.92. The van der Waals surface area contributed by atoms with Crippen molar-refractivity contribution in [3.63, 3.8) is 0 Å². The molecule has 1 heterocycles. The Morgan fingerprint density at radius 3 is 2.63 bits per heavy atom. The molecular weight excluding hydrogens is 433 g/mol. The number of hydrogen-bond donors (Lipinski definition) is 1. The highest BCUT2D eigenvalue weighted by molar-refractivity contribution is 9.10. The van der Waals surface area contributed by atoms with Gasteiger partial charge in [-0.05, 0) is 29.8 Å². The lowest BCUT2D eigenvalue weighted by molar-refractivity contribution is -0.118. The molecule has 0 saturated carbocycles. The first-order chi connectivity index (χ1) is 13.0. The van der Waals surface area contributed by atoms with Gasteiger partial charge in [-0.1, -0.05) is 52.0 Å². The zero-order chi connectivity index (χ0) is 19.2. The molecule has 0 spiro atoms. The maximum atomic E-state index is 12.8. The van der Waals surface area contributed by atoms with Crippen LogP contribution in [0.1, 0.15) is 5.56 Å². The van der Waals surface area contributed by atoms with E-state index in [2.05, 4.69) is 36.7 Å². The number of hydrazone groups is 1. The van der Waals surface area contributed by atoms with Gasteiger partial charge in [-0.15, -0.1) is 10.2 Å². The zero-order valence-electron chi connectivity index (χ0n) is 14.3. The van der Waals surface area contributed by atoms with Gasteiger partial charge in [0.2, 0.25) is 0 Å². The predicted molar refractivity (Wildman–Crippen MR) is 107 cm³/mol. The van der Waals surface area contributed by atoms with Gasteiger partial charge < -0.3 is 4.57 Å². The Morgan fingerprint density at radius 1 is 1.22 bits per heavy atom. The van der Waals surface area contributed by atoms with E-state index in [1.807, 2.05) is 35.9 Å². The number of benzene rings is 2. The number of aromatic nitrogens is 3. The summed E-state index contributed by atoms with van der Waals surface area (Å²) in [7, 11) is 1.85. The van der Waals surface area contributed by atoms with E-state index in [1.165, 1.54) is 30.1 Å². The lowest BCUT2D eigenvalue weighted by atomic mass is 10.2. The molecular formula is C18H15BrFN5OS. The Balaban J connectivity index is 1.54. The predicted octanol–water partition coefficient (Wildman–Crippen LogP) is 3.63. The number of carbonyl (C=O) groups excluding carboxylic acids is 1. The minimum Gasteiger partial charge on any atom is -0.305 e. The topological polar surface area (TPSA) is 72.2 Å². The van der Waals surface area contributed by atoms with Crippen molar-refractivity contribution < 1.29 is 9.18 Å². The number of amides is 1. The number of halogens is 2. The molecule has 6 nitrogen and oxygen atoms in total. The molecule has 1 amide bonds. The molecule has 27 heavy (non-hydrogen) atoms. The number of thioether (sulfide) groups is 1. The Morgan fingerprint density at radius 2 is 1.93 bits per heavy atom. The van der Waals surface area contributed by atoms with Gasteiger partial charge in [-0.25, -0.2) is 9.82 Å². The first kappa shape index (κ1) is 19.2. The maximum Gasteiger partial charge on any atom is 0.250 e. The highest BCUT2D eigenvalue weighted by atomic mass is 79.9. The Labute approximate surface area is 168 Å². The van der Waals surface area contributed by atoms with Gasteiger partial charge in [0.15, 0.2) is 11.0 Å². The highest BCUT2D eigenvalue weighted by Crippen LogP contribution is 2.23. The molecule has 1 aromatic heterocycles. The summed E-state index contributed by atoms with van der Waals surface area (Å²) >= 11 is 4.67. The van der Waals surface area contributed by atoms with Gasteiger partial charge in [0.05, 0.1) is 12.0 Å². The fraction of sp³-hybridized carbons (Fsp3) is 0.111. The monoisotopic (exact) mass is 447 g/mol. The van der Waals surface area contributed by atoms with Crippen LogP contribution in [0.3, 0.4) is 0 Å². The number of carbonyl (C=O) groups is 1. The molecule has 138 valence electrons. The van der Waals surface area contributed by atoms with Gasteiger partial charge in [-0.3, -0.25) is 4.79 Å². The van der Waals surface area contributed by atoms with Gasteiger partial charge in [0.1, 0.15) is 5.82 Å². The molecule has 0 aliphatic rings. The van der Waals surface area contributed by atoms with E-state index in [0.717, 1.165) is 15.9 Å². The molecule has 0 unspecified atom stereocenters. The Kier molecular flexibility index (Phi) is 6.36. The summed E-state index contributed by atoms with van der Waals surface area (Å²) in [6.45, 7) is 0. The molecule has 0 fully saturated rings. The van der Waals surface area contributed by atoms with Crippen LogP contribution in [0.25, 0.3) is 11.4 Å². The normalized spacial score (nSPS) is 11.1. The molecule has 0 radical (unpaired) electrons. The molecule has 3 aromatic rings. The maximum absolute atomic E-state index is 12.8. The molecule has 9 heteroatoms. The van der Waals surface area contributed by atoms with Crippen LogP contribution in [0.4, 0.5) is 4.39 Å². The third-order valence-corrected chi connectivity index (χ3v) is 5.09. The van der Waals surface area contributed by atoms with Crippen molar-refractivity contribution in [3.05, 3.63) is 64.4 Å². The number of nitrogens with zero attached hydrogens (tertiary/aromatic N) is 4. The van der Waals surface area contributed by atoms with Crippen LogP contribution in [0, 0.1) is 5.82 Å². The van der Waals surface area contributed by atoms with Gasteiger partial charge in [0, 0.05) is 17.1 Å². The van der Waals surface area contributed by atoms with Crippen LogP contribution in [0.2, 0.25) is 0 Å². The number of nitrogens with one attached hydrogen (secondary N) is 1.